The van der Waals surface area contributed by atoms with E-state index in [4.69, 9.17) is 14.6 Å². The molecule has 4 heterocycles. The Kier molecular flexibility index (Phi) is 6.63. The predicted molar refractivity (Wildman–Crippen MR) is 116 cm³/mol. The topological polar surface area (TPSA) is 91.8 Å². The Balaban J connectivity index is 0.000000730. The second-order valence-corrected chi connectivity index (χ2v) is 8.55. The van der Waals surface area contributed by atoms with Crippen LogP contribution in [-0.4, -0.2) is 65.3 Å². The van der Waals surface area contributed by atoms with Crippen LogP contribution in [0.15, 0.2) is 54.9 Å². The van der Waals surface area contributed by atoms with Gasteiger partial charge >= 0.3 is 0 Å². The molecule has 3 saturated heterocycles. The fourth-order valence-corrected chi connectivity index (χ4v) is 5.48. The van der Waals surface area contributed by atoms with Crippen molar-refractivity contribution in [3.8, 4) is 0 Å². The molecule has 31 heavy (non-hydrogen) atoms. The second-order valence-electron chi connectivity index (χ2n) is 8.55. The molecule has 3 aliphatic heterocycles. The van der Waals surface area contributed by atoms with E-state index >= 15 is 0 Å². The van der Waals surface area contributed by atoms with Gasteiger partial charge in [0.15, 0.2) is 0 Å². The second kappa shape index (κ2) is 9.58. The lowest BCUT2D eigenvalue weighted by molar-refractivity contribution is -0.122. The Morgan fingerprint density at radius 3 is 2.74 bits per heavy atom. The summed E-state index contributed by atoms with van der Waals surface area (Å²) in [6.07, 6.45) is 6.99. The van der Waals surface area contributed by atoms with Gasteiger partial charge in [0.25, 0.3) is 12.4 Å². The number of aromatic nitrogens is 1. The van der Waals surface area contributed by atoms with Crippen LogP contribution in [0.3, 0.4) is 0 Å². The number of benzene rings is 1. The number of fused-ring (bicyclic) bond motifs is 1. The molecular formula is C24H29N3O4. The molecule has 1 spiro atoms. The van der Waals surface area contributed by atoms with Gasteiger partial charge < -0.3 is 15.2 Å². The molecule has 2 aromatic rings. The van der Waals surface area contributed by atoms with Crippen LogP contribution in [0.4, 0.5) is 0 Å². The highest BCUT2D eigenvalue weighted by molar-refractivity contribution is 5.93. The van der Waals surface area contributed by atoms with E-state index in [9.17, 15) is 4.79 Å². The monoisotopic (exact) mass is 423 g/mol. The predicted octanol–water partition coefficient (Wildman–Crippen LogP) is 2.23. The van der Waals surface area contributed by atoms with E-state index in [2.05, 4.69) is 45.5 Å². The van der Waals surface area contributed by atoms with E-state index in [1.807, 2.05) is 0 Å². The van der Waals surface area contributed by atoms with E-state index in [1.165, 1.54) is 12.0 Å². The molecule has 7 nitrogen and oxygen atoms in total. The van der Waals surface area contributed by atoms with Crippen molar-refractivity contribution in [2.24, 2.45) is 11.8 Å². The zero-order valence-electron chi connectivity index (χ0n) is 17.5. The highest BCUT2D eigenvalue weighted by Crippen LogP contribution is 2.54. The quantitative estimate of drug-likeness (QED) is 0.693. The molecule has 0 aliphatic carbocycles. The van der Waals surface area contributed by atoms with Gasteiger partial charge in [0.2, 0.25) is 0 Å². The number of pyridine rings is 1. The molecule has 1 aromatic carbocycles. The number of hydrogen-bond donors (Lipinski definition) is 2. The van der Waals surface area contributed by atoms with Crippen LogP contribution in [-0.2, 0) is 16.0 Å². The van der Waals surface area contributed by atoms with Crippen LogP contribution >= 0.6 is 0 Å². The Morgan fingerprint density at radius 1 is 1.26 bits per heavy atom. The molecule has 1 amide bonds. The highest BCUT2D eigenvalue weighted by atomic mass is 16.5. The van der Waals surface area contributed by atoms with E-state index in [-0.39, 0.29) is 18.0 Å². The number of carbonyl (C=O) groups is 2. The summed E-state index contributed by atoms with van der Waals surface area (Å²) in [5.41, 5.74) is 2.08. The van der Waals surface area contributed by atoms with Crippen LogP contribution in [0.25, 0.3) is 0 Å². The summed E-state index contributed by atoms with van der Waals surface area (Å²) >= 11 is 0. The summed E-state index contributed by atoms with van der Waals surface area (Å²) in [7, 11) is 0. The van der Waals surface area contributed by atoms with Gasteiger partial charge in [0, 0.05) is 56.0 Å². The number of hydrogen-bond acceptors (Lipinski definition) is 5. The molecule has 1 aromatic heterocycles. The van der Waals surface area contributed by atoms with Crippen molar-refractivity contribution in [1.82, 2.24) is 15.2 Å². The van der Waals surface area contributed by atoms with E-state index in [0.29, 0.717) is 30.0 Å². The first-order valence-electron chi connectivity index (χ1n) is 10.9. The van der Waals surface area contributed by atoms with Gasteiger partial charge in [0.1, 0.15) is 0 Å². The van der Waals surface area contributed by atoms with Gasteiger partial charge in [-0.15, -0.1) is 0 Å². The molecule has 164 valence electrons. The molecule has 2 bridgehead atoms. The summed E-state index contributed by atoms with van der Waals surface area (Å²) in [5, 5.41) is 10.0. The summed E-state index contributed by atoms with van der Waals surface area (Å²) in [5.74, 6) is 0.930. The molecule has 5 rings (SSSR count). The van der Waals surface area contributed by atoms with E-state index in [0.717, 1.165) is 32.5 Å². The molecular weight excluding hydrogens is 394 g/mol. The standard InChI is InChI=1S/C23H27N3O2.CH2O2/c27-22(18-7-11-24-12-8-18)25-14-19-20-15-26(13-9-17-4-2-1-3-5-17)16-23(20)10-6-21(19)28-23;2-1-3/h1-5,7-8,11-12,19-21H,6,9-10,13-16H2,(H,25,27);1H,(H,2,3)/t19-,20+,21+,23+;/m0./s1. The summed E-state index contributed by atoms with van der Waals surface area (Å²) in [6, 6.07) is 14.2. The number of ether oxygens (including phenoxy) is 1. The van der Waals surface area contributed by atoms with Crippen molar-refractivity contribution in [2.75, 3.05) is 26.2 Å². The normalized spacial score (nSPS) is 28.5. The first kappa shape index (κ1) is 21.5. The van der Waals surface area contributed by atoms with Crippen molar-refractivity contribution < 1.29 is 19.4 Å². The molecule has 2 N–H and O–H groups in total. The minimum Gasteiger partial charge on any atom is -0.483 e. The van der Waals surface area contributed by atoms with Crippen LogP contribution in [0.1, 0.15) is 28.8 Å². The number of carbonyl (C=O) groups excluding carboxylic acids is 1. The van der Waals surface area contributed by atoms with Gasteiger partial charge in [-0.2, -0.15) is 0 Å². The smallest absolute Gasteiger partial charge is 0.290 e. The maximum Gasteiger partial charge on any atom is 0.290 e. The van der Waals surface area contributed by atoms with Crippen molar-refractivity contribution in [1.29, 1.82) is 0 Å². The minimum atomic E-state index is -0.250. The third-order valence-electron chi connectivity index (χ3n) is 6.85. The first-order chi connectivity index (χ1) is 15.1. The third kappa shape index (κ3) is 4.62. The molecule has 0 saturated carbocycles. The maximum atomic E-state index is 12.4. The number of nitrogens with zero attached hydrogens (tertiary/aromatic N) is 2. The van der Waals surface area contributed by atoms with Crippen molar-refractivity contribution in [3.63, 3.8) is 0 Å². The Bertz CT molecular complexity index is 879. The van der Waals surface area contributed by atoms with Gasteiger partial charge in [-0.25, -0.2) is 0 Å². The third-order valence-corrected chi connectivity index (χ3v) is 6.85. The molecule has 0 radical (unpaired) electrons. The first-order valence-corrected chi connectivity index (χ1v) is 10.9. The number of nitrogens with one attached hydrogen (secondary N) is 1. The fraction of sp³-hybridized carbons (Fsp3) is 0.458. The SMILES string of the molecule is O=C(NC[C@H]1[C@H]2CN(CCc3ccccc3)C[C@]23CC[C@H]1O3)c1ccncc1.O=CO. The lowest BCUT2D eigenvalue weighted by Gasteiger charge is -2.29. The minimum absolute atomic E-state index is 0.0156. The van der Waals surface area contributed by atoms with E-state index in [1.54, 1.807) is 24.5 Å². The Morgan fingerprint density at radius 2 is 2.00 bits per heavy atom. The average molecular weight is 424 g/mol. The van der Waals surface area contributed by atoms with Crippen LogP contribution in [0.5, 0.6) is 0 Å². The molecule has 3 fully saturated rings. The summed E-state index contributed by atoms with van der Waals surface area (Å²) in [4.78, 5) is 27.3. The van der Waals surface area contributed by atoms with Crippen molar-refractivity contribution in [2.45, 2.75) is 31.0 Å². The number of rotatable bonds is 6. The van der Waals surface area contributed by atoms with Crippen LogP contribution in [0, 0.1) is 11.8 Å². The highest BCUT2D eigenvalue weighted by Gasteiger charge is 2.62. The van der Waals surface area contributed by atoms with E-state index < -0.39 is 0 Å². The molecule has 4 atom stereocenters. The Hall–Kier alpha value is -2.77. The number of amides is 1. The summed E-state index contributed by atoms with van der Waals surface area (Å²) in [6.45, 7) is 3.64. The van der Waals surface area contributed by atoms with Gasteiger partial charge in [-0.1, -0.05) is 30.3 Å². The van der Waals surface area contributed by atoms with Crippen molar-refractivity contribution in [3.05, 3.63) is 66.0 Å². The maximum absolute atomic E-state index is 12.4. The van der Waals surface area contributed by atoms with Crippen molar-refractivity contribution >= 4 is 12.4 Å². The summed E-state index contributed by atoms with van der Waals surface area (Å²) < 4.78 is 6.51. The van der Waals surface area contributed by atoms with Gasteiger partial charge in [-0.3, -0.25) is 19.5 Å². The van der Waals surface area contributed by atoms with Gasteiger partial charge in [-0.05, 0) is 37.0 Å². The zero-order chi connectivity index (χ0) is 21.7. The van der Waals surface area contributed by atoms with Crippen LogP contribution in [0.2, 0.25) is 0 Å². The van der Waals surface area contributed by atoms with Gasteiger partial charge in [0.05, 0.1) is 11.7 Å². The largest absolute Gasteiger partial charge is 0.483 e. The number of carboxylic acid groups (broad SMARTS) is 1. The fourth-order valence-electron chi connectivity index (χ4n) is 5.48. The molecule has 0 unspecified atom stereocenters. The lowest BCUT2D eigenvalue weighted by Crippen LogP contribution is -2.41. The molecule has 3 aliphatic rings. The lowest BCUT2D eigenvalue weighted by atomic mass is 9.73. The average Bonchev–Trinajstić information content (AvgIpc) is 3.46. The van der Waals surface area contributed by atoms with Crippen LogP contribution < -0.4 is 5.32 Å². The number of likely N-dealkylation sites (tertiary alicyclic amines) is 1. The zero-order valence-corrected chi connectivity index (χ0v) is 17.5. The Labute approximate surface area is 182 Å². The molecule has 7 heteroatoms.